The Hall–Kier alpha value is -1.68. The number of aliphatic hydroxyl groups is 1. The molecule has 4 nitrogen and oxygen atoms in total. The molecule has 0 saturated heterocycles. The summed E-state index contributed by atoms with van der Waals surface area (Å²) in [6, 6.07) is 7.26. The minimum absolute atomic E-state index is 0.282. The molecule has 1 N–H and O–H groups in total. The van der Waals surface area contributed by atoms with Gasteiger partial charge in [-0.15, -0.1) is 0 Å². The van der Waals surface area contributed by atoms with E-state index in [-0.39, 0.29) is 5.91 Å². The van der Waals surface area contributed by atoms with Crippen molar-refractivity contribution in [3.8, 4) is 0 Å². The van der Waals surface area contributed by atoms with E-state index in [0.717, 1.165) is 11.3 Å². The second-order valence-corrected chi connectivity index (χ2v) is 5.81. The van der Waals surface area contributed by atoms with Crippen LogP contribution in [0.1, 0.15) is 43.6 Å². The smallest absolute Gasteiger partial charge is 0.276 e. The molecule has 19 heavy (non-hydrogen) atoms. The van der Waals surface area contributed by atoms with Crippen LogP contribution in [-0.2, 0) is 0 Å². The number of hydrogen-bond donors (Lipinski definition) is 1. The van der Waals surface area contributed by atoms with Crippen LogP contribution in [0.2, 0.25) is 0 Å². The molecule has 1 atom stereocenters. The van der Waals surface area contributed by atoms with Gasteiger partial charge in [0.1, 0.15) is 0 Å². The van der Waals surface area contributed by atoms with Gasteiger partial charge in [-0.05, 0) is 46.8 Å². The Morgan fingerprint density at radius 3 is 2.11 bits per heavy atom. The molecular weight excluding hydrogens is 240 g/mol. The van der Waals surface area contributed by atoms with Gasteiger partial charge in [0.2, 0.25) is 0 Å². The van der Waals surface area contributed by atoms with Crippen molar-refractivity contribution in [1.82, 2.24) is 5.01 Å². The Labute approximate surface area is 113 Å². The molecular formula is C15H20N2O2. The fraction of sp³-hybridized carbons (Fsp3) is 0.467. The monoisotopic (exact) mass is 260 g/mol. The SMILES string of the molecule is CC1=NN(C(=O)c2ccc(C)cc2)[C@](C)(O)C1(C)C. The Bertz CT molecular complexity index is 542. The molecule has 0 saturated carbocycles. The lowest BCUT2D eigenvalue weighted by atomic mass is 9.79. The summed E-state index contributed by atoms with van der Waals surface area (Å²) in [6.07, 6.45) is 0. The minimum Gasteiger partial charge on any atom is -0.368 e. The first-order valence-electron chi connectivity index (χ1n) is 6.37. The highest BCUT2D eigenvalue weighted by molar-refractivity contribution is 5.99. The third kappa shape index (κ3) is 1.96. The summed E-state index contributed by atoms with van der Waals surface area (Å²) in [5, 5.41) is 16.1. The van der Waals surface area contributed by atoms with Gasteiger partial charge in [-0.1, -0.05) is 17.7 Å². The number of hydrogen-bond acceptors (Lipinski definition) is 3. The number of rotatable bonds is 1. The van der Waals surface area contributed by atoms with E-state index >= 15 is 0 Å². The van der Waals surface area contributed by atoms with E-state index in [1.54, 1.807) is 19.1 Å². The van der Waals surface area contributed by atoms with E-state index in [4.69, 9.17) is 0 Å². The number of nitrogens with zero attached hydrogens (tertiary/aromatic N) is 2. The molecule has 1 aromatic carbocycles. The van der Waals surface area contributed by atoms with Gasteiger partial charge >= 0.3 is 0 Å². The number of amides is 1. The van der Waals surface area contributed by atoms with Gasteiger partial charge in [-0.3, -0.25) is 4.79 Å². The fourth-order valence-electron chi connectivity index (χ4n) is 2.04. The first-order chi connectivity index (χ1) is 8.68. The Morgan fingerprint density at radius 1 is 1.16 bits per heavy atom. The fourth-order valence-corrected chi connectivity index (χ4v) is 2.04. The minimum atomic E-state index is -1.32. The van der Waals surface area contributed by atoms with Gasteiger partial charge in [-0.2, -0.15) is 10.1 Å². The topological polar surface area (TPSA) is 52.9 Å². The number of carbonyl (C=O) groups excluding carboxylic acids is 1. The maximum Gasteiger partial charge on any atom is 0.276 e. The van der Waals surface area contributed by atoms with Crippen molar-refractivity contribution in [2.24, 2.45) is 10.5 Å². The molecule has 1 amide bonds. The first-order valence-corrected chi connectivity index (χ1v) is 6.37. The molecule has 102 valence electrons. The average Bonchev–Trinajstić information content (AvgIpc) is 2.49. The molecule has 0 unspecified atom stereocenters. The van der Waals surface area contributed by atoms with Gasteiger partial charge in [0.25, 0.3) is 5.91 Å². The van der Waals surface area contributed by atoms with Crippen LogP contribution in [-0.4, -0.2) is 27.5 Å². The predicted octanol–water partition coefficient (Wildman–Crippen LogP) is 2.56. The van der Waals surface area contributed by atoms with E-state index in [1.165, 1.54) is 5.01 Å². The summed E-state index contributed by atoms with van der Waals surface area (Å²) < 4.78 is 0. The van der Waals surface area contributed by atoms with Gasteiger partial charge < -0.3 is 5.11 Å². The summed E-state index contributed by atoms with van der Waals surface area (Å²) in [5.41, 5.74) is 0.481. The summed E-state index contributed by atoms with van der Waals surface area (Å²) in [6.45, 7) is 9.18. The van der Waals surface area contributed by atoms with Gasteiger partial charge in [0.05, 0.1) is 5.41 Å². The highest BCUT2D eigenvalue weighted by Crippen LogP contribution is 2.41. The highest BCUT2D eigenvalue weighted by atomic mass is 16.3. The largest absolute Gasteiger partial charge is 0.368 e. The maximum atomic E-state index is 12.5. The van der Waals surface area contributed by atoms with Crippen molar-refractivity contribution in [1.29, 1.82) is 0 Å². The van der Waals surface area contributed by atoms with Crippen molar-refractivity contribution < 1.29 is 9.90 Å². The van der Waals surface area contributed by atoms with Gasteiger partial charge in [-0.25, -0.2) is 0 Å². The first kappa shape index (κ1) is 13.7. The third-order valence-electron chi connectivity index (χ3n) is 4.24. The molecule has 1 heterocycles. The van der Waals surface area contributed by atoms with Crippen molar-refractivity contribution in [2.75, 3.05) is 0 Å². The summed E-state index contributed by atoms with van der Waals surface area (Å²) in [4.78, 5) is 12.5. The second-order valence-electron chi connectivity index (χ2n) is 5.81. The molecule has 0 aromatic heterocycles. The molecule has 1 aromatic rings. The maximum absolute atomic E-state index is 12.5. The lowest BCUT2D eigenvalue weighted by Crippen LogP contribution is -2.53. The van der Waals surface area contributed by atoms with E-state index < -0.39 is 11.1 Å². The predicted molar refractivity (Wildman–Crippen MR) is 74.9 cm³/mol. The van der Waals surface area contributed by atoms with E-state index in [0.29, 0.717) is 5.56 Å². The quantitative estimate of drug-likeness (QED) is 0.843. The molecule has 0 radical (unpaired) electrons. The number of carbonyl (C=O) groups is 1. The van der Waals surface area contributed by atoms with E-state index in [1.807, 2.05) is 39.8 Å². The van der Waals surface area contributed by atoms with Gasteiger partial charge in [0, 0.05) is 11.3 Å². The number of benzene rings is 1. The van der Waals surface area contributed by atoms with Crippen molar-refractivity contribution in [2.45, 2.75) is 40.3 Å². The molecule has 1 aliphatic rings. The molecule has 4 heteroatoms. The van der Waals surface area contributed by atoms with E-state index in [9.17, 15) is 9.90 Å². The zero-order chi connectivity index (χ0) is 14.4. The molecule has 2 rings (SSSR count). The summed E-state index contributed by atoms with van der Waals surface area (Å²) in [7, 11) is 0. The van der Waals surface area contributed by atoms with Crippen LogP contribution >= 0.6 is 0 Å². The van der Waals surface area contributed by atoms with E-state index in [2.05, 4.69) is 5.10 Å². The molecule has 0 spiro atoms. The van der Waals surface area contributed by atoms with Crippen LogP contribution in [0.4, 0.5) is 0 Å². The zero-order valence-electron chi connectivity index (χ0n) is 12.1. The average molecular weight is 260 g/mol. The Kier molecular flexibility index (Phi) is 3.01. The Balaban J connectivity index is 2.38. The summed E-state index contributed by atoms with van der Waals surface area (Å²) >= 11 is 0. The molecule has 0 fully saturated rings. The van der Waals surface area contributed by atoms with Crippen molar-refractivity contribution in [3.05, 3.63) is 35.4 Å². The lowest BCUT2D eigenvalue weighted by molar-refractivity contribution is -0.110. The van der Waals surface area contributed by atoms with Crippen LogP contribution < -0.4 is 0 Å². The van der Waals surface area contributed by atoms with Crippen LogP contribution in [0.15, 0.2) is 29.4 Å². The normalized spacial score (nSPS) is 25.4. The lowest BCUT2D eigenvalue weighted by Gasteiger charge is -2.37. The van der Waals surface area contributed by atoms with Crippen LogP contribution in [0, 0.1) is 12.3 Å². The highest BCUT2D eigenvalue weighted by Gasteiger charge is 2.53. The third-order valence-corrected chi connectivity index (χ3v) is 4.24. The Morgan fingerprint density at radius 2 is 1.68 bits per heavy atom. The standard InChI is InChI=1S/C15H20N2O2/c1-10-6-8-12(9-7-10)13(18)17-15(5,19)14(3,4)11(2)16-17/h6-9,19H,1-5H3/t15-/m1/s1. The zero-order valence-corrected chi connectivity index (χ0v) is 12.1. The van der Waals surface area contributed by atoms with Crippen LogP contribution in [0.5, 0.6) is 0 Å². The number of aryl methyl sites for hydroxylation is 1. The second kappa shape index (κ2) is 4.17. The van der Waals surface area contributed by atoms with Crippen molar-refractivity contribution in [3.63, 3.8) is 0 Å². The van der Waals surface area contributed by atoms with Crippen LogP contribution in [0.25, 0.3) is 0 Å². The number of hydrazone groups is 1. The molecule has 1 aliphatic heterocycles. The molecule has 0 bridgehead atoms. The van der Waals surface area contributed by atoms with Crippen LogP contribution in [0.3, 0.4) is 0 Å². The molecule has 0 aliphatic carbocycles. The van der Waals surface area contributed by atoms with Gasteiger partial charge in [0.15, 0.2) is 5.72 Å². The summed E-state index contributed by atoms with van der Waals surface area (Å²) in [5.74, 6) is -0.282. The van der Waals surface area contributed by atoms with Crippen molar-refractivity contribution >= 4 is 11.6 Å².